The Bertz CT molecular complexity index is 596. The van der Waals surface area contributed by atoms with Gasteiger partial charge in [-0.25, -0.2) is 4.98 Å². The minimum absolute atomic E-state index is 0.249. The average molecular weight is 309 g/mol. The second kappa shape index (κ2) is 6.13. The van der Waals surface area contributed by atoms with Gasteiger partial charge in [0.2, 0.25) is 0 Å². The first-order chi connectivity index (χ1) is 9.88. The molecule has 1 unspecified atom stereocenters. The average Bonchev–Trinajstić information content (AvgIpc) is 2.95. The number of H-pyrrole nitrogens is 1. The van der Waals surface area contributed by atoms with Gasteiger partial charge < -0.3 is 10.1 Å². The van der Waals surface area contributed by atoms with Crippen LogP contribution in [0.25, 0.3) is 0 Å². The molecule has 21 heavy (non-hydrogen) atoms. The number of hydrogen-bond acceptors (Lipinski definition) is 4. The molecule has 0 aliphatic carbocycles. The molecular formula is C14H17ClN4O2. The number of nitrogens with one attached hydrogen (secondary N) is 2. The van der Waals surface area contributed by atoms with E-state index in [1.165, 1.54) is 6.33 Å². The summed E-state index contributed by atoms with van der Waals surface area (Å²) >= 11 is 5.82. The third-order valence-corrected chi connectivity index (χ3v) is 3.18. The minimum atomic E-state index is -1.03. The van der Waals surface area contributed by atoms with Crippen molar-refractivity contribution in [3.05, 3.63) is 41.4 Å². The molecule has 2 N–H and O–H groups in total. The van der Waals surface area contributed by atoms with Crippen LogP contribution < -0.4 is 10.1 Å². The molecule has 7 heteroatoms. The molecule has 0 fully saturated rings. The summed E-state index contributed by atoms with van der Waals surface area (Å²) in [6.07, 6.45) is 1.40. The first kappa shape index (κ1) is 15.3. The first-order valence-electron chi connectivity index (χ1n) is 6.49. The summed E-state index contributed by atoms with van der Waals surface area (Å²) in [5, 5.41) is 9.92. The zero-order chi connectivity index (χ0) is 15.5. The molecule has 2 aromatic rings. The minimum Gasteiger partial charge on any atom is -0.478 e. The summed E-state index contributed by atoms with van der Waals surface area (Å²) in [5.74, 6) is 0.916. The van der Waals surface area contributed by atoms with E-state index in [0.717, 1.165) is 0 Å². The highest BCUT2D eigenvalue weighted by atomic mass is 35.5. The Morgan fingerprint density at radius 3 is 2.62 bits per heavy atom. The summed E-state index contributed by atoms with van der Waals surface area (Å²) in [4.78, 5) is 16.3. The fraction of sp³-hybridized carbons (Fsp3) is 0.357. The van der Waals surface area contributed by atoms with Crippen LogP contribution in [0.2, 0.25) is 5.02 Å². The molecule has 1 heterocycles. The normalized spacial score (nSPS) is 12.8. The second-order valence-corrected chi connectivity index (χ2v) is 5.57. The lowest BCUT2D eigenvalue weighted by molar-refractivity contribution is -0.135. The number of amides is 1. The molecule has 2 rings (SSSR count). The van der Waals surface area contributed by atoms with E-state index < -0.39 is 5.60 Å². The van der Waals surface area contributed by atoms with Crippen molar-refractivity contribution in [3.8, 4) is 5.75 Å². The van der Waals surface area contributed by atoms with E-state index >= 15 is 0 Å². The van der Waals surface area contributed by atoms with Gasteiger partial charge in [-0.1, -0.05) is 11.6 Å². The lowest BCUT2D eigenvalue weighted by Gasteiger charge is -2.26. The number of carbonyl (C=O) groups is 1. The van der Waals surface area contributed by atoms with Crippen LogP contribution in [0.1, 0.15) is 32.6 Å². The van der Waals surface area contributed by atoms with Gasteiger partial charge in [-0.2, -0.15) is 5.10 Å². The highest BCUT2D eigenvalue weighted by Gasteiger charge is 2.31. The number of benzene rings is 1. The molecule has 0 aliphatic heterocycles. The van der Waals surface area contributed by atoms with Crippen molar-refractivity contribution in [2.45, 2.75) is 32.4 Å². The third kappa shape index (κ3) is 3.95. The van der Waals surface area contributed by atoms with Gasteiger partial charge in [0.15, 0.2) is 5.60 Å². The topological polar surface area (TPSA) is 79.9 Å². The number of rotatable bonds is 5. The lowest BCUT2D eigenvalue weighted by Crippen LogP contribution is -2.47. The third-order valence-electron chi connectivity index (χ3n) is 2.92. The molecule has 1 aromatic carbocycles. The number of aromatic nitrogens is 3. The number of nitrogens with zero attached hydrogens (tertiary/aromatic N) is 2. The van der Waals surface area contributed by atoms with E-state index in [0.29, 0.717) is 16.6 Å². The van der Waals surface area contributed by atoms with Crippen molar-refractivity contribution in [2.75, 3.05) is 0 Å². The van der Waals surface area contributed by atoms with Gasteiger partial charge >= 0.3 is 0 Å². The van der Waals surface area contributed by atoms with E-state index in [1.54, 1.807) is 38.1 Å². The maximum absolute atomic E-state index is 12.3. The van der Waals surface area contributed by atoms with E-state index in [2.05, 4.69) is 20.5 Å². The van der Waals surface area contributed by atoms with Crippen molar-refractivity contribution in [3.63, 3.8) is 0 Å². The van der Waals surface area contributed by atoms with Crippen LogP contribution in [0.4, 0.5) is 0 Å². The Hall–Kier alpha value is -2.08. The Morgan fingerprint density at radius 1 is 1.38 bits per heavy atom. The number of ether oxygens (including phenoxy) is 1. The van der Waals surface area contributed by atoms with Crippen LogP contribution in [0.15, 0.2) is 30.6 Å². The fourth-order valence-electron chi connectivity index (χ4n) is 1.71. The van der Waals surface area contributed by atoms with Crippen molar-refractivity contribution < 1.29 is 9.53 Å². The predicted octanol–water partition coefficient (Wildman–Crippen LogP) is 2.49. The number of aromatic amines is 1. The van der Waals surface area contributed by atoms with Gasteiger partial charge in [-0.3, -0.25) is 9.89 Å². The highest BCUT2D eigenvalue weighted by molar-refractivity contribution is 6.30. The van der Waals surface area contributed by atoms with Gasteiger partial charge in [-0.05, 0) is 45.0 Å². The van der Waals surface area contributed by atoms with Gasteiger partial charge in [0, 0.05) is 5.02 Å². The summed E-state index contributed by atoms with van der Waals surface area (Å²) in [7, 11) is 0. The summed E-state index contributed by atoms with van der Waals surface area (Å²) in [5.41, 5.74) is -1.03. The van der Waals surface area contributed by atoms with Gasteiger partial charge in [-0.15, -0.1) is 0 Å². The summed E-state index contributed by atoms with van der Waals surface area (Å²) in [6, 6.07) is 6.58. The Balaban J connectivity index is 2.01. The van der Waals surface area contributed by atoms with Gasteiger partial charge in [0.05, 0.1) is 6.04 Å². The molecule has 0 bridgehead atoms. The fourth-order valence-corrected chi connectivity index (χ4v) is 1.83. The van der Waals surface area contributed by atoms with Crippen LogP contribution in [0.3, 0.4) is 0 Å². The molecular weight excluding hydrogens is 292 g/mol. The molecule has 1 atom stereocenters. The van der Waals surface area contributed by atoms with Gasteiger partial charge in [0.25, 0.3) is 5.91 Å². The van der Waals surface area contributed by atoms with Gasteiger partial charge in [0.1, 0.15) is 17.9 Å². The van der Waals surface area contributed by atoms with E-state index in [9.17, 15) is 4.79 Å². The zero-order valence-electron chi connectivity index (χ0n) is 12.1. The van der Waals surface area contributed by atoms with Crippen LogP contribution in [-0.2, 0) is 4.79 Å². The molecule has 0 spiro atoms. The summed E-state index contributed by atoms with van der Waals surface area (Å²) in [6.45, 7) is 5.21. The first-order valence-corrected chi connectivity index (χ1v) is 6.87. The summed E-state index contributed by atoms with van der Waals surface area (Å²) < 4.78 is 5.72. The smallest absolute Gasteiger partial charge is 0.264 e. The van der Waals surface area contributed by atoms with Crippen molar-refractivity contribution in [1.82, 2.24) is 20.5 Å². The molecule has 1 aromatic heterocycles. The number of halogens is 1. The quantitative estimate of drug-likeness (QED) is 0.889. The second-order valence-electron chi connectivity index (χ2n) is 5.13. The van der Waals surface area contributed by atoms with Crippen LogP contribution in [0.5, 0.6) is 5.75 Å². The zero-order valence-corrected chi connectivity index (χ0v) is 12.8. The van der Waals surface area contributed by atoms with Crippen LogP contribution >= 0.6 is 11.6 Å². The molecule has 6 nitrogen and oxygen atoms in total. The Kier molecular flexibility index (Phi) is 4.47. The Morgan fingerprint density at radius 2 is 2.05 bits per heavy atom. The van der Waals surface area contributed by atoms with E-state index in [1.807, 2.05) is 6.92 Å². The molecule has 1 amide bonds. The van der Waals surface area contributed by atoms with Crippen molar-refractivity contribution in [1.29, 1.82) is 0 Å². The maximum atomic E-state index is 12.3. The largest absolute Gasteiger partial charge is 0.478 e. The monoisotopic (exact) mass is 308 g/mol. The number of carbonyl (C=O) groups excluding carboxylic acids is 1. The molecule has 0 aliphatic rings. The van der Waals surface area contributed by atoms with Crippen LogP contribution in [0, 0.1) is 0 Å². The maximum Gasteiger partial charge on any atom is 0.264 e. The molecule has 0 saturated heterocycles. The standard InChI is InChI=1S/C14H17ClN4O2/c1-9(12-16-8-17-19-12)18-13(20)14(2,3)21-11-6-4-10(15)5-7-11/h4-9H,1-3H3,(H,18,20)(H,16,17,19). The Labute approximate surface area is 127 Å². The van der Waals surface area contributed by atoms with Crippen LogP contribution in [-0.4, -0.2) is 26.7 Å². The van der Waals surface area contributed by atoms with Crippen molar-refractivity contribution in [2.24, 2.45) is 0 Å². The number of hydrogen-bond donors (Lipinski definition) is 2. The van der Waals surface area contributed by atoms with Crippen molar-refractivity contribution >= 4 is 17.5 Å². The highest BCUT2D eigenvalue weighted by Crippen LogP contribution is 2.21. The SMILES string of the molecule is CC(NC(=O)C(C)(C)Oc1ccc(Cl)cc1)c1ncn[nH]1. The predicted molar refractivity (Wildman–Crippen MR) is 79.1 cm³/mol. The lowest BCUT2D eigenvalue weighted by atomic mass is 10.1. The molecule has 0 radical (unpaired) electrons. The molecule has 0 saturated carbocycles. The van der Waals surface area contributed by atoms with E-state index in [4.69, 9.17) is 16.3 Å². The van der Waals surface area contributed by atoms with E-state index in [-0.39, 0.29) is 11.9 Å². The molecule has 112 valence electrons.